The van der Waals surface area contributed by atoms with Crippen molar-refractivity contribution < 1.29 is 9.47 Å². The molecule has 0 amide bonds. The molecule has 1 aromatic rings. The molecule has 0 aliphatic heterocycles. The van der Waals surface area contributed by atoms with E-state index >= 15 is 0 Å². The van der Waals surface area contributed by atoms with Crippen molar-refractivity contribution in [3.63, 3.8) is 0 Å². The van der Waals surface area contributed by atoms with Crippen molar-refractivity contribution in [1.82, 2.24) is 5.32 Å². The average molecular weight is 364 g/mol. The summed E-state index contributed by atoms with van der Waals surface area (Å²) in [4.78, 5) is 0. The lowest BCUT2D eigenvalue weighted by atomic mass is 9.53. The van der Waals surface area contributed by atoms with Crippen LogP contribution >= 0.6 is 11.6 Å². The number of hydrogen-bond acceptors (Lipinski definition) is 3. The van der Waals surface area contributed by atoms with Gasteiger partial charge in [-0.05, 0) is 74.3 Å². The summed E-state index contributed by atoms with van der Waals surface area (Å²) in [5, 5.41) is 4.69. The number of hydrogen-bond donors (Lipinski definition) is 1. The van der Waals surface area contributed by atoms with E-state index in [1.54, 1.807) is 7.11 Å². The molecule has 0 spiro atoms. The average Bonchev–Trinajstić information content (AvgIpc) is 2.57. The summed E-state index contributed by atoms with van der Waals surface area (Å²) in [6.07, 6.45) is 9.44. The van der Waals surface area contributed by atoms with Crippen LogP contribution in [-0.2, 0) is 6.54 Å². The molecule has 4 aliphatic rings. The Kier molecular flexibility index (Phi) is 4.89. The highest BCUT2D eigenvalue weighted by Gasteiger charge is 2.50. The molecular weight excluding hydrogens is 334 g/mol. The van der Waals surface area contributed by atoms with Crippen LogP contribution in [0.3, 0.4) is 0 Å². The summed E-state index contributed by atoms with van der Waals surface area (Å²) in [6.45, 7) is 3.59. The summed E-state index contributed by atoms with van der Waals surface area (Å²) in [5.74, 6) is 4.38. The zero-order chi connectivity index (χ0) is 17.4. The maximum absolute atomic E-state index is 6.55. The molecule has 0 saturated heterocycles. The molecule has 1 N–H and O–H groups in total. The van der Waals surface area contributed by atoms with Crippen molar-refractivity contribution in [3.8, 4) is 11.5 Å². The fourth-order valence-electron chi connectivity index (χ4n) is 5.81. The first-order chi connectivity index (χ1) is 12.1. The highest BCUT2D eigenvalue weighted by atomic mass is 35.5. The fourth-order valence-corrected chi connectivity index (χ4v) is 6.03. The van der Waals surface area contributed by atoms with Crippen LogP contribution in [-0.4, -0.2) is 19.3 Å². The van der Waals surface area contributed by atoms with Crippen LogP contribution in [0.2, 0.25) is 5.02 Å². The Morgan fingerprint density at radius 1 is 1.08 bits per heavy atom. The van der Waals surface area contributed by atoms with E-state index in [2.05, 4.69) is 12.2 Å². The standard InChI is InChI=1S/C21H30ClNO2/c1-3-4-25-20-9-18(22)17(8-19(20)24-2)13-23-21-10-14-5-15(11-21)7-16(6-14)12-21/h8-9,14-16,23H,3-7,10-13H2,1-2H3. The molecule has 0 unspecified atom stereocenters. The molecule has 25 heavy (non-hydrogen) atoms. The van der Waals surface area contributed by atoms with Crippen LogP contribution < -0.4 is 14.8 Å². The predicted octanol–water partition coefficient (Wildman–Crippen LogP) is 5.20. The molecule has 4 saturated carbocycles. The predicted molar refractivity (Wildman–Crippen MR) is 102 cm³/mol. The van der Waals surface area contributed by atoms with E-state index < -0.39 is 0 Å². The van der Waals surface area contributed by atoms with E-state index in [1.165, 1.54) is 38.5 Å². The number of methoxy groups -OCH3 is 1. The molecule has 4 fully saturated rings. The second-order valence-electron chi connectivity index (χ2n) is 8.49. The van der Waals surface area contributed by atoms with Crippen LogP contribution in [0.25, 0.3) is 0 Å². The van der Waals surface area contributed by atoms with E-state index in [9.17, 15) is 0 Å². The van der Waals surface area contributed by atoms with E-state index in [0.29, 0.717) is 12.1 Å². The Hall–Kier alpha value is -0.930. The first kappa shape index (κ1) is 17.5. The third-order valence-corrected chi connectivity index (χ3v) is 6.84. The normalized spacial score (nSPS) is 32.8. The van der Waals surface area contributed by atoms with Gasteiger partial charge in [-0.3, -0.25) is 0 Å². The monoisotopic (exact) mass is 363 g/mol. The minimum Gasteiger partial charge on any atom is -0.493 e. The Bertz CT molecular complexity index is 595. The number of nitrogens with one attached hydrogen (secondary N) is 1. The number of benzene rings is 1. The minimum absolute atomic E-state index is 0.350. The van der Waals surface area contributed by atoms with Crippen LogP contribution in [0.4, 0.5) is 0 Å². The van der Waals surface area contributed by atoms with Gasteiger partial charge < -0.3 is 14.8 Å². The van der Waals surface area contributed by atoms with Gasteiger partial charge in [0.1, 0.15) is 0 Å². The molecule has 4 heteroatoms. The van der Waals surface area contributed by atoms with Gasteiger partial charge in [-0.1, -0.05) is 18.5 Å². The van der Waals surface area contributed by atoms with Crippen molar-refractivity contribution in [2.24, 2.45) is 17.8 Å². The summed E-state index contributed by atoms with van der Waals surface area (Å²) in [7, 11) is 1.69. The third kappa shape index (κ3) is 3.50. The highest BCUT2D eigenvalue weighted by Crippen LogP contribution is 2.55. The molecule has 138 valence electrons. The lowest BCUT2D eigenvalue weighted by molar-refractivity contribution is -0.0206. The zero-order valence-electron chi connectivity index (χ0n) is 15.4. The maximum Gasteiger partial charge on any atom is 0.162 e. The Morgan fingerprint density at radius 2 is 1.72 bits per heavy atom. The van der Waals surface area contributed by atoms with E-state index in [-0.39, 0.29) is 0 Å². The second-order valence-corrected chi connectivity index (χ2v) is 8.90. The van der Waals surface area contributed by atoms with Gasteiger partial charge in [-0.15, -0.1) is 0 Å². The van der Waals surface area contributed by atoms with Gasteiger partial charge >= 0.3 is 0 Å². The molecule has 3 nitrogen and oxygen atoms in total. The number of halogens is 1. The molecule has 0 atom stereocenters. The molecule has 0 radical (unpaired) electrons. The van der Waals surface area contributed by atoms with Crippen molar-refractivity contribution in [2.45, 2.75) is 64.0 Å². The lowest BCUT2D eigenvalue weighted by Crippen LogP contribution is -2.58. The van der Waals surface area contributed by atoms with Crippen LogP contribution in [0.15, 0.2) is 12.1 Å². The highest BCUT2D eigenvalue weighted by molar-refractivity contribution is 6.31. The molecule has 5 rings (SSSR count). The number of ether oxygens (including phenoxy) is 2. The molecule has 4 aliphatic carbocycles. The van der Waals surface area contributed by atoms with E-state index in [4.69, 9.17) is 21.1 Å². The van der Waals surface area contributed by atoms with Gasteiger partial charge in [-0.25, -0.2) is 0 Å². The summed E-state index contributed by atoms with van der Waals surface area (Å²) < 4.78 is 11.3. The van der Waals surface area contributed by atoms with Gasteiger partial charge in [0, 0.05) is 23.2 Å². The minimum atomic E-state index is 0.350. The smallest absolute Gasteiger partial charge is 0.162 e. The molecule has 0 aromatic heterocycles. The van der Waals surface area contributed by atoms with Crippen molar-refractivity contribution >= 4 is 11.6 Å². The van der Waals surface area contributed by atoms with Gasteiger partial charge in [-0.2, -0.15) is 0 Å². The van der Waals surface area contributed by atoms with Crippen LogP contribution in [0.5, 0.6) is 11.5 Å². The van der Waals surface area contributed by atoms with Crippen molar-refractivity contribution in [3.05, 3.63) is 22.7 Å². The molecule has 1 aromatic carbocycles. The van der Waals surface area contributed by atoms with Crippen molar-refractivity contribution in [1.29, 1.82) is 0 Å². The number of rotatable bonds is 7. The largest absolute Gasteiger partial charge is 0.493 e. The van der Waals surface area contributed by atoms with Gasteiger partial charge in [0.25, 0.3) is 0 Å². The Labute approximate surface area is 156 Å². The zero-order valence-corrected chi connectivity index (χ0v) is 16.2. The van der Waals surface area contributed by atoms with Gasteiger partial charge in [0.15, 0.2) is 11.5 Å². The summed E-state index contributed by atoms with van der Waals surface area (Å²) in [6, 6.07) is 3.95. The van der Waals surface area contributed by atoms with Crippen LogP contribution in [0, 0.1) is 17.8 Å². The van der Waals surface area contributed by atoms with E-state index in [0.717, 1.165) is 52.8 Å². The summed E-state index contributed by atoms with van der Waals surface area (Å²) >= 11 is 6.55. The molecule has 0 heterocycles. The Morgan fingerprint density at radius 3 is 2.28 bits per heavy atom. The molecular formula is C21H30ClNO2. The fraction of sp³-hybridized carbons (Fsp3) is 0.714. The van der Waals surface area contributed by atoms with E-state index in [1.807, 2.05) is 12.1 Å². The Balaban J connectivity index is 1.47. The second kappa shape index (κ2) is 7.00. The first-order valence-electron chi connectivity index (χ1n) is 9.85. The van der Waals surface area contributed by atoms with Crippen LogP contribution in [0.1, 0.15) is 57.4 Å². The van der Waals surface area contributed by atoms with Gasteiger partial charge in [0.2, 0.25) is 0 Å². The maximum atomic E-state index is 6.55. The SMILES string of the molecule is CCCOc1cc(Cl)c(CNC23CC4CC(CC(C4)C2)C3)cc1OC. The topological polar surface area (TPSA) is 30.5 Å². The third-order valence-electron chi connectivity index (χ3n) is 6.49. The quantitative estimate of drug-likeness (QED) is 0.722. The van der Waals surface area contributed by atoms with Gasteiger partial charge in [0.05, 0.1) is 13.7 Å². The first-order valence-corrected chi connectivity index (χ1v) is 10.2. The van der Waals surface area contributed by atoms with Crippen molar-refractivity contribution in [2.75, 3.05) is 13.7 Å². The molecule has 4 bridgehead atoms. The summed E-state index contributed by atoms with van der Waals surface area (Å²) in [5.41, 5.74) is 1.46. The lowest BCUT2D eigenvalue weighted by Gasteiger charge is -2.57.